The third kappa shape index (κ3) is 3.51. The van der Waals surface area contributed by atoms with Gasteiger partial charge in [-0.1, -0.05) is 59.6 Å². The van der Waals surface area contributed by atoms with Gasteiger partial charge in [-0.15, -0.1) is 0 Å². The zero-order chi connectivity index (χ0) is 9.84. The van der Waals surface area contributed by atoms with Crippen molar-refractivity contribution >= 4 is 15.9 Å². The van der Waals surface area contributed by atoms with Gasteiger partial charge < -0.3 is 0 Å². The van der Waals surface area contributed by atoms with Crippen molar-refractivity contribution in [1.82, 2.24) is 0 Å². The van der Waals surface area contributed by atoms with Crippen LogP contribution in [0.5, 0.6) is 0 Å². The van der Waals surface area contributed by atoms with Crippen molar-refractivity contribution in [3.05, 3.63) is 35.4 Å². The van der Waals surface area contributed by atoms with Gasteiger partial charge in [-0.3, -0.25) is 0 Å². The largest absolute Gasteiger partial charge is 0.0893 e. The molecule has 72 valence electrons. The number of alkyl halides is 1. The Morgan fingerprint density at radius 1 is 1.31 bits per heavy atom. The maximum absolute atomic E-state index is 3.59. The molecule has 0 saturated heterocycles. The molecule has 0 aromatic heterocycles. The summed E-state index contributed by atoms with van der Waals surface area (Å²) >= 11 is 3.59. The van der Waals surface area contributed by atoms with E-state index in [1.54, 1.807) is 0 Å². The number of benzene rings is 1. The molecule has 0 amide bonds. The predicted octanol–water partition coefficient (Wildman–Crippen LogP) is 4.27. The number of rotatable bonds is 3. The van der Waals surface area contributed by atoms with Crippen LogP contribution in [0, 0.1) is 6.92 Å². The van der Waals surface area contributed by atoms with Crippen LogP contribution >= 0.6 is 15.9 Å². The maximum atomic E-state index is 3.59. The third-order valence-corrected chi connectivity index (χ3v) is 2.66. The summed E-state index contributed by atoms with van der Waals surface area (Å²) in [4.78, 5) is 0.600. The van der Waals surface area contributed by atoms with Gasteiger partial charge in [-0.2, -0.15) is 0 Å². The van der Waals surface area contributed by atoms with E-state index in [9.17, 15) is 0 Å². The summed E-state index contributed by atoms with van der Waals surface area (Å²) in [5.41, 5.74) is 2.80. The van der Waals surface area contributed by atoms with E-state index >= 15 is 0 Å². The van der Waals surface area contributed by atoms with Gasteiger partial charge in [0, 0.05) is 4.83 Å². The molecule has 2 atom stereocenters. The second kappa shape index (κ2) is 4.80. The molecule has 0 N–H and O–H groups in total. The summed E-state index contributed by atoms with van der Waals surface area (Å²) in [6, 6.07) is 8.78. The summed E-state index contributed by atoms with van der Waals surface area (Å²) in [6.45, 7) is 6.63. The van der Waals surface area contributed by atoms with Crippen molar-refractivity contribution in [2.45, 2.75) is 37.9 Å². The van der Waals surface area contributed by atoms with E-state index in [1.807, 2.05) is 0 Å². The quantitative estimate of drug-likeness (QED) is 0.693. The van der Waals surface area contributed by atoms with Crippen molar-refractivity contribution < 1.29 is 0 Å². The first kappa shape index (κ1) is 10.8. The average Bonchev–Trinajstić information content (AvgIpc) is 2.03. The van der Waals surface area contributed by atoms with Gasteiger partial charge in [0.15, 0.2) is 0 Å². The van der Waals surface area contributed by atoms with Crippen molar-refractivity contribution in [2.75, 3.05) is 0 Å². The molecule has 0 aliphatic carbocycles. The Kier molecular flexibility index (Phi) is 3.98. The van der Waals surface area contributed by atoms with Crippen molar-refractivity contribution in [1.29, 1.82) is 0 Å². The molecule has 0 radical (unpaired) electrons. The first-order valence-electron chi connectivity index (χ1n) is 4.80. The fraction of sp³-hybridized carbons (Fsp3) is 0.500. The van der Waals surface area contributed by atoms with Gasteiger partial charge in [0.25, 0.3) is 0 Å². The minimum Gasteiger partial charge on any atom is -0.0893 e. The lowest BCUT2D eigenvalue weighted by molar-refractivity contribution is 0.681. The van der Waals surface area contributed by atoms with Crippen LogP contribution in [0.25, 0.3) is 0 Å². The number of halogens is 1. The first-order valence-corrected chi connectivity index (χ1v) is 5.72. The minimum atomic E-state index is 0.600. The Morgan fingerprint density at radius 2 is 2.00 bits per heavy atom. The summed E-state index contributed by atoms with van der Waals surface area (Å²) in [7, 11) is 0. The minimum absolute atomic E-state index is 0.600. The van der Waals surface area contributed by atoms with Crippen LogP contribution in [0.1, 0.15) is 37.3 Å². The Labute approximate surface area is 89.5 Å². The number of aryl methyl sites for hydroxylation is 1. The van der Waals surface area contributed by atoms with E-state index in [0.29, 0.717) is 10.7 Å². The van der Waals surface area contributed by atoms with Gasteiger partial charge in [0.2, 0.25) is 0 Å². The van der Waals surface area contributed by atoms with Gasteiger partial charge in [0.05, 0.1) is 0 Å². The summed E-state index contributed by atoms with van der Waals surface area (Å²) in [5.74, 6) is 0.647. The molecule has 1 aromatic carbocycles. The van der Waals surface area contributed by atoms with E-state index in [-0.39, 0.29) is 0 Å². The molecule has 0 aliphatic heterocycles. The van der Waals surface area contributed by atoms with Crippen molar-refractivity contribution in [3.63, 3.8) is 0 Å². The molecule has 0 bridgehead atoms. The topological polar surface area (TPSA) is 0 Å². The number of hydrogen-bond donors (Lipinski definition) is 0. The lowest BCUT2D eigenvalue weighted by Crippen LogP contribution is -2.00. The monoisotopic (exact) mass is 240 g/mol. The standard InChI is InChI=1S/C12H17Br/c1-9-5-4-6-12(7-9)10(2)8-11(3)13/h4-7,10-11H,8H2,1-3H3. The molecule has 0 spiro atoms. The maximum Gasteiger partial charge on any atom is 0.0123 e. The molecule has 2 unspecified atom stereocenters. The highest BCUT2D eigenvalue weighted by atomic mass is 79.9. The molecule has 1 heteroatoms. The van der Waals surface area contributed by atoms with E-state index in [1.165, 1.54) is 17.5 Å². The van der Waals surface area contributed by atoms with Crippen LogP contribution < -0.4 is 0 Å². The Balaban J connectivity index is 2.71. The lowest BCUT2D eigenvalue weighted by Gasteiger charge is -2.13. The van der Waals surface area contributed by atoms with Gasteiger partial charge in [0.1, 0.15) is 0 Å². The van der Waals surface area contributed by atoms with E-state index < -0.39 is 0 Å². The Bertz CT molecular complexity index is 266. The summed E-state index contributed by atoms with van der Waals surface area (Å²) in [6.07, 6.45) is 1.20. The molecule has 0 nitrogen and oxygen atoms in total. The van der Waals surface area contributed by atoms with Crippen molar-refractivity contribution in [3.8, 4) is 0 Å². The van der Waals surface area contributed by atoms with Gasteiger partial charge in [-0.05, 0) is 24.8 Å². The number of hydrogen-bond acceptors (Lipinski definition) is 0. The Hall–Kier alpha value is -0.300. The second-order valence-electron chi connectivity index (χ2n) is 3.83. The second-order valence-corrected chi connectivity index (χ2v) is 5.39. The molecule has 1 rings (SSSR count). The molecular weight excluding hydrogens is 224 g/mol. The van der Waals surface area contributed by atoms with Crippen LogP contribution in [0.2, 0.25) is 0 Å². The SMILES string of the molecule is Cc1cccc(C(C)CC(C)Br)c1. The molecular formula is C12H17Br. The highest BCUT2D eigenvalue weighted by Gasteiger charge is 2.07. The highest BCUT2D eigenvalue weighted by Crippen LogP contribution is 2.23. The zero-order valence-corrected chi connectivity index (χ0v) is 10.1. The molecule has 0 heterocycles. The fourth-order valence-electron chi connectivity index (χ4n) is 1.60. The van der Waals surface area contributed by atoms with Gasteiger partial charge in [-0.25, -0.2) is 0 Å². The molecule has 1 aromatic rings. The van der Waals surface area contributed by atoms with E-state index in [4.69, 9.17) is 0 Å². The Morgan fingerprint density at radius 3 is 2.54 bits per heavy atom. The summed E-state index contributed by atoms with van der Waals surface area (Å²) in [5, 5.41) is 0. The normalized spacial score (nSPS) is 15.4. The smallest absolute Gasteiger partial charge is 0.0123 e. The van der Waals surface area contributed by atoms with Crippen LogP contribution in [0.3, 0.4) is 0 Å². The summed E-state index contributed by atoms with van der Waals surface area (Å²) < 4.78 is 0. The highest BCUT2D eigenvalue weighted by molar-refractivity contribution is 9.09. The predicted molar refractivity (Wildman–Crippen MR) is 62.6 cm³/mol. The first-order chi connectivity index (χ1) is 6.09. The van der Waals surface area contributed by atoms with E-state index in [2.05, 4.69) is 61.0 Å². The molecule has 0 saturated carbocycles. The zero-order valence-electron chi connectivity index (χ0n) is 8.55. The molecule has 0 fully saturated rings. The van der Waals surface area contributed by atoms with E-state index in [0.717, 1.165) is 0 Å². The van der Waals surface area contributed by atoms with Crippen LogP contribution in [-0.2, 0) is 0 Å². The lowest BCUT2D eigenvalue weighted by atomic mass is 9.95. The van der Waals surface area contributed by atoms with Crippen LogP contribution in [0.15, 0.2) is 24.3 Å². The fourth-order valence-corrected chi connectivity index (χ4v) is 2.16. The van der Waals surface area contributed by atoms with Crippen LogP contribution in [0.4, 0.5) is 0 Å². The van der Waals surface area contributed by atoms with Gasteiger partial charge >= 0.3 is 0 Å². The average molecular weight is 241 g/mol. The third-order valence-electron chi connectivity index (χ3n) is 2.29. The van der Waals surface area contributed by atoms with Crippen molar-refractivity contribution in [2.24, 2.45) is 0 Å². The molecule has 13 heavy (non-hydrogen) atoms. The van der Waals surface area contributed by atoms with Crippen LogP contribution in [-0.4, -0.2) is 4.83 Å². The molecule has 0 aliphatic rings.